The van der Waals surface area contributed by atoms with E-state index < -0.39 is 5.54 Å². The molecule has 0 aliphatic rings. The van der Waals surface area contributed by atoms with Gasteiger partial charge in [0.2, 0.25) is 0 Å². The number of hydrogen-bond acceptors (Lipinski definition) is 3. The highest BCUT2D eigenvalue weighted by molar-refractivity contribution is 6.30. The lowest BCUT2D eigenvalue weighted by molar-refractivity contribution is -0.118. The van der Waals surface area contributed by atoms with Gasteiger partial charge in [-0.15, -0.1) is 0 Å². The highest BCUT2D eigenvalue weighted by Gasteiger charge is 2.28. The van der Waals surface area contributed by atoms with Gasteiger partial charge in [0.15, 0.2) is 0 Å². The molecule has 0 bridgehead atoms. The molecule has 6 heteroatoms. The molecule has 0 radical (unpaired) electrons. The van der Waals surface area contributed by atoms with E-state index in [4.69, 9.17) is 16.7 Å². The highest BCUT2D eigenvalue weighted by atomic mass is 35.5. The van der Waals surface area contributed by atoms with E-state index >= 15 is 0 Å². The Bertz CT molecular complexity index is 1210. The van der Waals surface area contributed by atoms with Crippen molar-refractivity contribution in [1.82, 2.24) is 15.1 Å². The van der Waals surface area contributed by atoms with Crippen LogP contribution in [0.25, 0.3) is 17.3 Å². The third-order valence-corrected chi connectivity index (χ3v) is 5.44. The summed E-state index contributed by atoms with van der Waals surface area (Å²) >= 11 is 6.01. The molecule has 0 spiro atoms. The molecule has 1 amide bonds. The Labute approximate surface area is 207 Å². The summed E-state index contributed by atoms with van der Waals surface area (Å²) in [6, 6.07) is 19.4. The smallest absolute Gasteiger partial charge is 0.262 e. The summed E-state index contributed by atoms with van der Waals surface area (Å²) in [6.45, 7) is 10.9. The van der Waals surface area contributed by atoms with Gasteiger partial charge in [0, 0.05) is 27.9 Å². The molecular formula is C28H31ClN4O. The predicted molar refractivity (Wildman–Crippen MR) is 138 cm³/mol. The van der Waals surface area contributed by atoms with E-state index in [1.807, 2.05) is 79.3 Å². The van der Waals surface area contributed by atoms with Crippen LogP contribution in [0.15, 0.2) is 66.4 Å². The fraction of sp³-hybridized carbons (Fsp3) is 0.321. The van der Waals surface area contributed by atoms with Crippen LogP contribution in [0.1, 0.15) is 52.2 Å². The summed E-state index contributed by atoms with van der Waals surface area (Å²) in [7, 11) is 0. The van der Waals surface area contributed by atoms with Gasteiger partial charge in [-0.2, -0.15) is 10.4 Å². The second kappa shape index (κ2) is 10.3. The molecule has 0 aliphatic heterocycles. The third-order valence-electron chi connectivity index (χ3n) is 5.18. The van der Waals surface area contributed by atoms with Crippen LogP contribution < -0.4 is 5.32 Å². The van der Waals surface area contributed by atoms with Crippen LogP contribution in [-0.4, -0.2) is 21.2 Å². The van der Waals surface area contributed by atoms with Gasteiger partial charge in [-0.3, -0.25) is 9.48 Å². The fourth-order valence-corrected chi connectivity index (χ4v) is 4.40. The fourth-order valence-electron chi connectivity index (χ4n) is 4.27. The van der Waals surface area contributed by atoms with Gasteiger partial charge in [-0.25, -0.2) is 0 Å². The first-order valence-corrected chi connectivity index (χ1v) is 11.7. The third kappa shape index (κ3) is 7.07. The Kier molecular flexibility index (Phi) is 7.64. The lowest BCUT2D eigenvalue weighted by Gasteiger charge is -2.33. The maximum absolute atomic E-state index is 13.0. The van der Waals surface area contributed by atoms with Crippen LogP contribution in [0.5, 0.6) is 0 Å². The molecule has 0 aliphatic carbocycles. The molecule has 5 nitrogen and oxygen atoms in total. The van der Waals surface area contributed by atoms with E-state index in [0.717, 1.165) is 17.5 Å². The van der Waals surface area contributed by atoms with Crippen LogP contribution in [0.3, 0.4) is 0 Å². The summed E-state index contributed by atoms with van der Waals surface area (Å²) in [4.78, 5) is 13.0. The first kappa shape index (κ1) is 25.3. The van der Waals surface area contributed by atoms with Gasteiger partial charge < -0.3 is 5.32 Å². The monoisotopic (exact) mass is 474 g/mol. The Morgan fingerprint density at radius 2 is 1.74 bits per heavy atom. The minimum Gasteiger partial charge on any atom is -0.347 e. The van der Waals surface area contributed by atoms with Crippen LogP contribution in [0.2, 0.25) is 5.02 Å². The van der Waals surface area contributed by atoms with Gasteiger partial charge in [-0.1, -0.05) is 74.8 Å². The number of carbonyl (C=O) groups excluding carboxylic acids is 1. The van der Waals surface area contributed by atoms with Gasteiger partial charge in [0.1, 0.15) is 11.6 Å². The van der Waals surface area contributed by atoms with Crippen molar-refractivity contribution < 1.29 is 4.79 Å². The molecule has 1 N–H and O–H groups in total. The molecule has 1 aromatic heterocycles. The second-order valence-electron chi connectivity index (χ2n) is 10.4. The topological polar surface area (TPSA) is 70.7 Å². The van der Waals surface area contributed by atoms with Crippen molar-refractivity contribution in [3.63, 3.8) is 0 Å². The van der Waals surface area contributed by atoms with E-state index in [1.54, 1.807) is 6.08 Å². The van der Waals surface area contributed by atoms with Crippen LogP contribution in [-0.2, 0) is 11.3 Å². The molecule has 0 saturated carbocycles. The van der Waals surface area contributed by atoms with E-state index in [2.05, 4.69) is 32.2 Å². The Balaban J connectivity index is 1.95. The van der Waals surface area contributed by atoms with Crippen molar-refractivity contribution in [2.24, 2.45) is 5.41 Å². The molecule has 2 aromatic carbocycles. The Morgan fingerprint density at radius 1 is 1.09 bits per heavy atom. The minimum atomic E-state index is -0.452. The summed E-state index contributed by atoms with van der Waals surface area (Å²) < 4.78 is 1.81. The zero-order valence-electron chi connectivity index (χ0n) is 20.4. The molecule has 0 saturated heterocycles. The van der Waals surface area contributed by atoms with E-state index in [-0.39, 0.29) is 16.9 Å². The van der Waals surface area contributed by atoms with Crippen molar-refractivity contribution in [3.05, 3.63) is 82.5 Å². The molecule has 34 heavy (non-hydrogen) atoms. The summed E-state index contributed by atoms with van der Waals surface area (Å²) in [5.41, 5.74) is 3.01. The molecule has 0 atom stereocenters. The minimum absolute atomic E-state index is 0.0383. The summed E-state index contributed by atoms with van der Waals surface area (Å²) in [6.07, 6.45) is 4.26. The number of nitrogens with one attached hydrogen (secondary N) is 1. The quantitative estimate of drug-likeness (QED) is 0.314. The predicted octanol–water partition coefficient (Wildman–Crippen LogP) is 6.49. The molecule has 1 heterocycles. The Morgan fingerprint density at radius 3 is 2.32 bits per heavy atom. The molecule has 0 fully saturated rings. The number of aromatic nitrogens is 2. The first-order valence-electron chi connectivity index (χ1n) is 11.3. The van der Waals surface area contributed by atoms with Gasteiger partial charge in [0.25, 0.3) is 5.91 Å². The van der Waals surface area contributed by atoms with Crippen LogP contribution >= 0.6 is 11.6 Å². The number of amides is 1. The molecule has 3 rings (SSSR count). The lowest BCUT2D eigenvalue weighted by Crippen LogP contribution is -2.46. The number of nitriles is 1. The molecule has 0 unspecified atom stereocenters. The van der Waals surface area contributed by atoms with Gasteiger partial charge in [-0.05, 0) is 49.5 Å². The molecular weight excluding hydrogens is 444 g/mol. The highest BCUT2D eigenvalue weighted by Crippen LogP contribution is 2.28. The van der Waals surface area contributed by atoms with E-state index in [1.165, 1.54) is 0 Å². The number of rotatable bonds is 7. The zero-order chi connectivity index (χ0) is 24.9. The maximum Gasteiger partial charge on any atom is 0.262 e. The van der Waals surface area contributed by atoms with Crippen molar-refractivity contribution in [2.45, 2.75) is 53.1 Å². The SMILES string of the molecule is CC(C)(C)CC(C)(C)NC(=O)/C(C#N)=C/c1cn(Cc2ccc(Cl)cc2)nc1-c1ccccc1. The standard InChI is InChI=1S/C28H31ClN4O/c1-27(2,3)19-28(4,5)31-26(34)22(16-30)15-23-18-33(17-20-11-13-24(29)14-12-20)32-25(23)21-9-7-6-8-10-21/h6-15,18H,17,19H2,1-5H3,(H,31,34)/b22-15+. The van der Waals surface area contributed by atoms with Crippen molar-refractivity contribution >= 4 is 23.6 Å². The van der Waals surface area contributed by atoms with Crippen molar-refractivity contribution in [2.75, 3.05) is 0 Å². The van der Waals surface area contributed by atoms with Crippen LogP contribution in [0.4, 0.5) is 0 Å². The lowest BCUT2D eigenvalue weighted by atomic mass is 9.81. The van der Waals surface area contributed by atoms with Gasteiger partial charge >= 0.3 is 0 Å². The number of carbonyl (C=O) groups is 1. The van der Waals surface area contributed by atoms with E-state index in [0.29, 0.717) is 22.8 Å². The molecule has 3 aromatic rings. The zero-order valence-corrected chi connectivity index (χ0v) is 21.1. The van der Waals surface area contributed by atoms with Crippen molar-refractivity contribution in [3.8, 4) is 17.3 Å². The maximum atomic E-state index is 13.0. The number of halogens is 1. The number of hydrogen-bond donors (Lipinski definition) is 1. The van der Waals surface area contributed by atoms with Crippen LogP contribution in [0, 0.1) is 16.7 Å². The van der Waals surface area contributed by atoms with E-state index in [9.17, 15) is 10.1 Å². The average Bonchev–Trinajstić information content (AvgIpc) is 3.14. The number of nitrogens with zero attached hydrogens (tertiary/aromatic N) is 3. The first-order chi connectivity index (χ1) is 16.0. The van der Waals surface area contributed by atoms with Crippen molar-refractivity contribution in [1.29, 1.82) is 5.26 Å². The Hall–Kier alpha value is -3.36. The second-order valence-corrected chi connectivity index (χ2v) is 10.8. The number of benzene rings is 2. The van der Waals surface area contributed by atoms with Gasteiger partial charge in [0.05, 0.1) is 12.2 Å². The summed E-state index contributed by atoms with van der Waals surface area (Å²) in [5.74, 6) is -0.388. The largest absolute Gasteiger partial charge is 0.347 e. The molecule has 176 valence electrons. The summed E-state index contributed by atoms with van der Waals surface area (Å²) in [5, 5.41) is 18.3. The normalized spacial score (nSPS) is 12.3. The average molecular weight is 475 g/mol.